The molecule has 0 radical (unpaired) electrons. The first-order valence-electron chi connectivity index (χ1n) is 10.6. The highest BCUT2D eigenvalue weighted by Gasteiger charge is 2.26. The average Bonchev–Trinajstić information content (AvgIpc) is 2.85. The Bertz CT molecular complexity index is 1150. The number of nitrogens with zero attached hydrogens (tertiary/aromatic N) is 4. The van der Waals surface area contributed by atoms with Crippen molar-refractivity contribution >= 4 is 17.5 Å². The zero-order valence-corrected chi connectivity index (χ0v) is 18.5. The maximum atomic E-state index is 13.3. The summed E-state index contributed by atoms with van der Waals surface area (Å²) in [5.74, 6) is 0.915. The van der Waals surface area contributed by atoms with E-state index in [4.69, 9.17) is 4.74 Å². The van der Waals surface area contributed by atoms with Gasteiger partial charge >= 0.3 is 0 Å². The number of aryl methyl sites for hydroxylation is 2. The average molecular weight is 431 g/mol. The van der Waals surface area contributed by atoms with E-state index in [1.54, 1.807) is 48.7 Å². The number of rotatable bonds is 5. The maximum Gasteiger partial charge on any atom is 0.254 e. The second kappa shape index (κ2) is 9.18. The van der Waals surface area contributed by atoms with E-state index in [0.29, 0.717) is 48.7 Å². The molecule has 0 spiro atoms. The molecule has 1 aliphatic heterocycles. The van der Waals surface area contributed by atoms with Gasteiger partial charge in [-0.15, -0.1) is 0 Å². The normalized spacial score (nSPS) is 13.7. The molecule has 1 fully saturated rings. The fourth-order valence-electron chi connectivity index (χ4n) is 3.80. The zero-order valence-electron chi connectivity index (χ0n) is 18.5. The van der Waals surface area contributed by atoms with Gasteiger partial charge in [0.2, 0.25) is 5.88 Å². The molecule has 164 valence electrons. The number of carbonyl (C=O) groups excluding carboxylic acids is 2. The Morgan fingerprint density at radius 3 is 2.31 bits per heavy atom. The van der Waals surface area contributed by atoms with Crippen molar-refractivity contribution in [1.82, 2.24) is 14.9 Å². The van der Waals surface area contributed by atoms with Gasteiger partial charge in [0.1, 0.15) is 0 Å². The van der Waals surface area contributed by atoms with Crippen molar-refractivity contribution in [2.45, 2.75) is 13.8 Å². The summed E-state index contributed by atoms with van der Waals surface area (Å²) in [6.07, 6.45) is 3.25. The van der Waals surface area contributed by atoms with Crippen LogP contribution >= 0.6 is 0 Å². The summed E-state index contributed by atoms with van der Waals surface area (Å²) >= 11 is 0. The van der Waals surface area contributed by atoms with Crippen molar-refractivity contribution in [2.75, 3.05) is 38.2 Å². The number of carbonyl (C=O) groups is 2. The van der Waals surface area contributed by atoms with E-state index in [9.17, 15) is 9.59 Å². The monoisotopic (exact) mass is 430 g/mol. The molecule has 0 N–H and O–H groups in total. The third-order valence-electron chi connectivity index (χ3n) is 5.87. The largest absolute Gasteiger partial charge is 0.480 e. The van der Waals surface area contributed by atoms with Crippen LogP contribution in [0.2, 0.25) is 0 Å². The molecule has 0 aliphatic carbocycles. The molecule has 0 saturated carbocycles. The van der Waals surface area contributed by atoms with E-state index in [0.717, 1.165) is 16.9 Å². The lowest BCUT2D eigenvalue weighted by molar-refractivity contribution is 0.0742. The standard InChI is InChI=1S/C25H26N4O3/c1-17-8-9-19(14-18(17)2)24(30)20-6-4-5-7-21(20)25(31)29-12-10-28(11-13-29)22-15-26-16-23(27-22)32-3/h4-9,14-16H,10-13H2,1-3H3. The first-order chi connectivity index (χ1) is 15.5. The smallest absolute Gasteiger partial charge is 0.254 e. The Morgan fingerprint density at radius 2 is 1.62 bits per heavy atom. The molecule has 0 unspecified atom stereocenters. The number of anilines is 1. The predicted octanol–water partition coefficient (Wildman–Crippen LogP) is 3.30. The number of ether oxygens (including phenoxy) is 1. The number of benzene rings is 2. The summed E-state index contributed by atoms with van der Waals surface area (Å²) in [6, 6.07) is 12.7. The molecular formula is C25H26N4O3. The van der Waals surface area contributed by atoms with Crippen molar-refractivity contribution in [3.63, 3.8) is 0 Å². The van der Waals surface area contributed by atoms with Crippen molar-refractivity contribution in [3.05, 3.63) is 82.7 Å². The van der Waals surface area contributed by atoms with E-state index in [-0.39, 0.29) is 11.7 Å². The van der Waals surface area contributed by atoms with Crippen LogP contribution in [0.25, 0.3) is 0 Å². The van der Waals surface area contributed by atoms with Crippen LogP contribution in [-0.2, 0) is 0 Å². The third kappa shape index (κ3) is 4.32. The lowest BCUT2D eigenvalue weighted by atomic mass is 9.95. The molecule has 1 aliphatic rings. The highest BCUT2D eigenvalue weighted by molar-refractivity contribution is 6.15. The number of piperazine rings is 1. The minimum absolute atomic E-state index is 0.130. The van der Waals surface area contributed by atoms with Gasteiger partial charge in [0.25, 0.3) is 5.91 Å². The third-order valence-corrected chi connectivity index (χ3v) is 5.87. The molecule has 32 heavy (non-hydrogen) atoms. The zero-order chi connectivity index (χ0) is 22.7. The summed E-state index contributed by atoms with van der Waals surface area (Å²) in [6.45, 7) is 6.31. The van der Waals surface area contributed by atoms with Crippen LogP contribution in [0.5, 0.6) is 5.88 Å². The Labute approximate surface area is 187 Å². The van der Waals surface area contributed by atoms with Gasteiger partial charge < -0.3 is 14.5 Å². The quantitative estimate of drug-likeness (QED) is 0.578. The van der Waals surface area contributed by atoms with Crippen LogP contribution < -0.4 is 9.64 Å². The van der Waals surface area contributed by atoms with Crippen LogP contribution in [0.4, 0.5) is 5.82 Å². The Kier molecular flexibility index (Phi) is 6.16. The van der Waals surface area contributed by atoms with Crippen LogP contribution in [0.15, 0.2) is 54.9 Å². The minimum atomic E-state index is -0.137. The van der Waals surface area contributed by atoms with E-state index < -0.39 is 0 Å². The molecule has 7 nitrogen and oxygen atoms in total. The SMILES string of the molecule is COc1cncc(N2CCN(C(=O)c3ccccc3C(=O)c3ccc(C)c(C)c3)CC2)n1. The summed E-state index contributed by atoms with van der Waals surface area (Å²) in [7, 11) is 1.56. The molecule has 2 aromatic carbocycles. The molecule has 1 saturated heterocycles. The van der Waals surface area contributed by atoms with E-state index >= 15 is 0 Å². The summed E-state index contributed by atoms with van der Waals surface area (Å²) < 4.78 is 5.15. The molecule has 3 aromatic rings. The Balaban J connectivity index is 1.51. The van der Waals surface area contributed by atoms with Gasteiger partial charge in [-0.05, 0) is 37.1 Å². The molecule has 2 heterocycles. The lowest BCUT2D eigenvalue weighted by Crippen LogP contribution is -2.49. The number of ketones is 1. The van der Waals surface area contributed by atoms with Crippen LogP contribution in [0, 0.1) is 13.8 Å². The van der Waals surface area contributed by atoms with Crippen molar-refractivity contribution in [2.24, 2.45) is 0 Å². The van der Waals surface area contributed by atoms with Gasteiger partial charge in [-0.1, -0.05) is 30.3 Å². The molecule has 7 heteroatoms. The highest BCUT2D eigenvalue weighted by atomic mass is 16.5. The number of hydrogen-bond acceptors (Lipinski definition) is 6. The minimum Gasteiger partial charge on any atom is -0.480 e. The Morgan fingerprint density at radius 1 is 0.906 bits per heavy atom. The number of methoxy groups -OCH3 is 1. The summed E-state index contributed by atoms with van der Waals surface area (Å²) in [4.78, 5) is 39.0. The maximum absolute atomic E-state index is 13.3. The van der Waals surface area contributed by atoms with E-state index in [2.05, 4.69) is 14.9 Å². The molecule has 1 amide bonds. The van der Waals surface area contributed by atoms with Crippen LogP contribution in [0.1, 0.15) is 37.4 Å². The van der Waals surface area contributed by atoms with Gasteiger partial charge in [0, 0.05) is 37.3 Å². The number of aromatic nitrogens is 2. The fourth-order valence-corrected chi connectivity index (χ4v) is 3.80. The number of amides is 1. The van der Waals surface area contributed by atoms with E-state index in [1.165, 1.54) is 0 Å². The van der Waals surface area contributed by atoms with Gasteiger partial charge in [0.15, 0.2) is 11.6 Å². The van der Waals surface area contributed by atoms with Crippen LogP contribution in [0.3, 0.4) is 0 Å². The molecule has 0 bridgehead atoms. The van der Waals surface area contributed by atoms with Gasteiger partial charge in [0.05, 0.1) is 25.1 Å². The van der Waals surface area contributed by atoms with Crippen molar-refractivity contribution in [3.8, 4) is 5.88 Å². The molecular weight excluding hydrogens is 404 g/mol. The van der Waals surface area contributed by atoms with Crippen LogP contribution in [-0.4, -0.2) is 59.8 Å². The Hall–Kier alpha value is -3.74. The van der Waals surface area contributed by atoms with Gasteiger partial charge in [-0.2, -0.15) is 4.98 Å². The molecule has 4 rings (SSSR count). The lowest BCUT2D eigenvalue weighted by Gasteiger charge is -2.35. The summed E-state index contributed by atoms with van der Waals surface area (Å²) in [5.41, 5.74) is 3.64. The highest BCUT2D eigenvalue weighted by Crippen LogP contribution is 2.21. The number of hydrogen-bond donors (Lipinski definition) is 0. The van der Waals surface area contributed by atoms with Gasteiger partial charge in [-0.3, -0.25) is 14.6 Å². The predicted molar refractivity (Wildman–Crippen MR) is 122 cm³/mol. The fraction of sp³-hybridized carbons (Fsp3) is 0.280. The second-order valence-electron chi connectivity index (χ2n) is 7.87. The first-order valence-corrected chi connectivity index (χ1v) is 10.6. The second-order valence-corrected chi connectivity index (χ2v) is 7.87. The summed E-state index contributed by atoms with van der Waals surface area (Å²) in [5, 5.41) is 0. The topological polar surface area (TPSA) is 75.6 Å². The van der Waals surface area contributed by atoms with Crippen molar-refractivity contribution in [1.29, 1.82) is 0 Å². The first kappa shape index (κ1) is 21.5. The van der Waals surface area contributed by atoms with E-state index in [1.807, 2.05) is 32.0 Å². The van der Waals surface area contributed by atoms with Gasteiger partial charge in [-0.25, -0.2) is 0 Å². The molecule has 0 atom stereocenters. The van der Waals surface area contributed by atoms with Crippen molar-refractivity contribution < 1.29 is 14.3 Å². The molecule has 1 aromatic heterocycles.